The monoisotopic (exact) mass is 273 g/mol. The van der Waals surface area contributed by atoms with Gasteiger partial charge in [-0.2, -0.15) is 0 Å². The van der Waals surface area contributed by atoms with Crippen LogP contribution < -0.4 is 5.32 Å². The number of imidazole rings is 1. The maximum Gasteiger partial charge on any atom is 0.237 e. The fourth-order valence-corrected chi connectivity index (χ4v) is 3.20. The average Bonchev–Trinajstić information content (AvgIpc) is 2.73. The number of fused-ring (bicyclic) bond motifs is 1. The predicted molar refractivity (Wildman–Crippen MR) is 76.2 cm³/mol. The summed E-state index contributed by atoms with van der Waals surface area (Å²) in [7, 11) is 1.94. The fourth-order valence-electron chi connectivity index (χ4n) is 2.20. The number of aryl methyl sites for hydroxylation is 2. The highest BCUT2D eigenvalue weighted by Crippen LogP contribution is 2.30. The number of thioether (sulfide) groups is 1. The van der Waals surface area contributed by atoms with E-state index in [0.29, 0.717) is 0 Å². The summed E-state index contributed by atoms with van der Waals surface area (Å²) in [5.41, 5.74) is 2.15. The molecule has 19 heavy (non-hydrogen) atoms. The summed E-state index contributed by atoms with van der Waals surface area (Å²) in [6, 6.07) is 7.99. The van der Waals surface area contributed by atoms with E-state index in [1.165, 1.54) is 17.3 Å². The van der Waals surface area contributed by atoms with Gasteiger partial charge in [0, 0.05) is 25.1 Å². The summed E-state index contributed by atoms with van der Waals surface area (Å²) in [5, 5.41) is 3.80. The highest BCUT2D eigenvalue weighted by atomic mass is 32.2. The standard InChI is InChI=1S/C14H15N3OS/c1-17-9-8-15-14(17)19-12-7-6-10-4-2-3-5-11(10)16-13(12)18/h2-5,8-9,12H,6-7H2,1H3,(H,16,18)/t12-/m0/s1. The van der Waals surface area contributed by atoms with Gasteiger partial charge >= 0.3 is 0 Å². The van der Waals surface area contributed by atoms with Crippen LogP contribution in [0.1, 0.15) is 12.0 Å². The van der Waals surface area contributed by atoms with Crippen LogP contribution in [-0.2, 0) is 18.3 Å². The molecular weight excluding hydrogens is 258 g/mol. The molecule has 0 fully saturated rings. The van der Waals surface area contributed by atoms with Gasteiger partial charge < -0.3 is 9.88 Å². The van der Waals surface area contributed by atoms with Gasteiger partial charge in [0.25, 0.3) is 0 Å². The van der Waals surface area contributed by atoms with E-state index in [2.05, 4.69) is 16.4 Å². The first kappa shape index (κ1) is 12.3. The molecule has 1 N–H and O–H groups in total. The molecule has 0 spiro atoms. The zero-order valence-corrected chi connectivity index (χ0v) is 11.5. The van der Waals surface area contributed by atoms with Crippen LogP contribution in [0.15, 0.2) is 41.8 Å². The molecule has 0 bridgehead atoms. The lowest BCUT2D eigenvalue weighted by atomic mass is 10.1. The minimum absolute atomic E-state index is 0.0675. The van der Waals surface area contributed by atoms with Crippen LogP contribution in [0.3, 0.4) is 0 Å². The summed E-state index contributed by atoms with van der Waals surface area (Å²) < 4.78 is 1.94. The minimum atomic E-state index is -0.0894. The van der Waals surface area contributed by atoms with Crippen molar-refractivity contribution in [2.24, 2.45) is 7.05 Å². The number of carbonyl (C=O) groups excluding carboxylic acids is 1. The molecule has 0 radical (unpaired) electrons. The number of hydrogen-bond acceptors (Lipinski definition) is 3. The van der Waals surface area contributed by atoms with Crippen LogP contribution in [0.5, 0.6) is 0 Å². The molecule has 0 aliphatic carbocycles. The van der Waals surface area contributed by atoms with Gasteiger partial charge in [-0.3, -0.25) is 4.79 Å². The topological polar surface area (TPSA) is 46.9 Å². The van der Waals surface area contributed by atoms with E-state index in [-0.39, 0.29) is 11.2 Å². The van der Waals surface area contributed by atoms with Gasteiger partial charge in [0.1, 0.15) is 0 Å². The Morgan fingerprint density at radius 1 is 1.42 bits per heavy atom. The molecule has 1 aliphatic rings. The Bertz CT molecular complexity index is 608. The third-order valence-corrected chi connectivity index (χ3v) is 4.61. The molecule has 1 atom stereocenters. The van der Waals surface area contributed by atoms with E-state index in [9.17, 15) is 4.79 Å². The molecule has 1 aliphatic heterocycles. The second-order valence-corrected chi connectivity index (χ2v) is 5.78. The Labute approximate surface area is 116 Å². The van der Waals surface area contributed by atoms with Crippen molar-refractivity contribution in [1.82, 2.24) is 9.55 Å². The molecule has 1 aromatic carbocycles. The van der Waals surface area contributed by atoms with Crippen LogP contribution in [-0.4, -0.2) is 20.7 Å². The molecule has 5 heteroatoms. The number of nitrogens with one attached hydrogen (secondary N) is 1. The Morgan fingerprint density at radius 2 is 2.26 bits per heavy atom. The van der Waals surface area contributed by atoms with Crippen LogP contribution in [0.25, 0.3) is 0 Å². The van der Waals surface area contributed by atoms with Crippen LogP contribution in [0.4, 0.5) is 5.69 Å². The van der Waals surface area contributed by atoms with Gasteiger partial charge in [-0.05, 0) is 24.5 Å². The van der Waals surface area contributed by atoms with Crippen molar-refractivity contribution in [3.63, 3.8) is 0 Å². The first-order chi connectivity index (χ1) is 9.24. The second kappa shape index (κ2) is 5.09. The number of nitrogens with zero attached hydrogens (tertiary/aromatic N) is 2. The van der Waals surface area contributed by atoms with Crippen molar-refractivity contribution in [3.05, 3.63) is 42.2 Å². The summed E-state index contributed by atoms with van der Waals surface area (Å²) >= 11 is 1.53. The molecule has 2 aromatic rings. The predicted octanol–water partition coefficient (Wildman–Crippen LogP) is 2.47. The van der Waals surface area contributed by atoms with E-state index in [4.69, 9.17) is 0 Å². The Balaban J connectivity index is 1.79. The van der Waals surface area contributed by atoms with Gasteiger partial charge in [-0.1, -0.05) is 30.0 Å². The highest BCUT2D eigenvalue weighted by Gasteiger charge is 2.25. The zero-order valence-electron chi connectivity index (χ0n) is 10.7. The number of para-hydroxylation sites is 1. The Kier molecular flexibility index (Phi) is 3.29. The van der Waals surface area contributed by atoms with Crippen molar-refractivity contribution in [2.75, 3.05) is 5.32 Å². The van der Waals surface area contributed by atoms with Gasteiger partial charge in [0.15, 0.2) is 5.16 Å². The quantitative estimate of drug-likeness (QED) is 0.914. The normalized spacial score (nSPS) is 18.6. The van der Waals surface area contributed by atoms with Crippen molar-refractivity contribution in [1.29, 1.82) is 0 Å². The van der Waals surface area contributed by atoms with Gasteiger partial charge in [-0.15, -0.1) is 0 Å². The van der Waals surface area contributed by atoms with Crippen LogP contribution in [0.2, 0.25) is 0 Å². The number of rotatable bonds is 2. The molecular formula is C14H15N3OS. The van der Waals surface area contributed by atoms with E-state index in [1.54, 1.807) is 6.20 Å². The molecule has 0 saturated carbocycles. The summed E-state index contributed by atoms with van der Waals surface area (Å²) in [6.07, 6.45) is 5.40. The summed E-state index contributed by atoms with van der Waals surface area (Å²) in [4.78, 5) is 16.5. The van der Waals surface area contributed by atoms with Crippen LogP contribution >= 0.6 is 11.8 Å². The number of benzene rings is 1. The van der Waals surface area contributed by atoms with E-state index in [0.717, 1.165) is 23.7 Å². The van der Waals surface area contributed by atoms with E-state index >= 15 is 0 Å². The zero-order chi connectivity index (χ0) is 13.2. The smallest absolute Gasteiger partial charge is 0.237 e. The highest BCUT2D eigenvalue weighted by molar-refractivity contribution is 8.00. The molecule has 3 rings (SSSR count). The van der Waals surface area contributed by atoms with E-state index < -0.39 is 0 Å². The largest absolute Gasteiger partial charge is 0.329 e. The number of amides is 1. The Hall–Kier alpha value is -1.75. The SMILES string of the molecule is Cn1ccnc1S[C@H]1CCc2ccccc2NC1=O. The number of anilines is 1. The Morgan fingerprint density at radius 3 is 3.05 bits per heavy atom. The molecule has 0 unspecified atom stereocenters. The van der Waals surface area contributed by atoms with Gasteiger partial charge in [0.2, 0.25) is 5.91 Å². The molecule has 1 aromatic heterocycles. The number of aromatic nitrogens is 2. The first-order valence-electron chi connectivity index (χ1n) is 6.27. The molecule has 1 amide bonds. The van der Waals surface area contributed by atoms with Crippen LogP contribution in [0, 0.1) is 0 Å². The van der Waals surface area contributed by atoms with E-state index in [1.807, 2.05) is 36.0 Å². The summed E-state index contributed by atoms with van der Waals surface area (Å²) in [6.45, 7) is 0. The fraction of sp³-hybridized carbons (Fsp3) is 0.286. The maximum absolute atomic E-state index is 12.2. The number of hydrogen-bond donors (Lipinski definition) is 1. The second-order valence-electron chi connectivity index (χ2n) is 4.61. The van der Waals surface area contributed by atoms with Crippen molar-refractivity contribution >= 4 is 23.4 Å². The van der Waals surface area contributed by atoms with Crippen molar-refractivity contribution in [3.8, 4) is 0 Å². The number of carbonyl (C=O) groups is 1. The first-order valence-corrected chi connectivity index (χ1v) is 7.15. The average molecular weight is 273 g/mol. The van der Waals surface area contributed by atoms with Gasteiger partial charge in [-0.25, -0.2) is 4.98 Å². The minimum Gasteiger partial charge on any atom is -0.329 e. The lowest BCUT2D eigenvalue weighted by Gasteiger charge is -2.12. The summed E-state index contributed by atoms with van der Waals surface area (Å²) in [5.74, 6) is 0.0675. The van der Waals surface area contributed by atoms with Crippen molar-refractivity contribution in [2.45, 2.75) is 23.2 Å². The lowest BCUT2D eigenvalue weighted by Crippen LogP contribution is -2.23. The third-order valence-electron chi connectivity index (χ3n) is 3.27. The molecule has 98 valence electrons. The third kappa shape index (κ3) is 2.51. The molecule has 4 nitrogen and oxygen atoms in total. The van der Waals surface area contributed by atoms with Crippen molar-refractivity contribution < 1.29 is 4.79 Å². The van der Waals surface area contributed by atoms with Gasteiger partial charge in [0.05, 0.1) is 5.25 Å². The molecule has 2 heterocycles. The molecule has 0 saturated heterocycles. The maximum atomic E-state index is 12.2. The lowest BCUT2D eigenvalue weighted by molar-refractivity contribution is -0.115.